The molecule has 166 valence electrons. The van der Waals surface area contributed by atoms with Gasteiger partial charge in [-0.15, -0.1) is 11.3 Å². The topological polar surface area (TPSA) is 99.9 Å². The summed E-state index contributed by atoms with van der Waals surface area (Å²) < 4.78 is 51.1. The maximum atomic E-state index is 13.3. The number of aromatic nitrogens is 1. The van der Waals surface area contributed by atoms with Gasteiger partial charge in [0.05, 0.1) is 20.8 Å². The molecule has 4 aromatic rings. The number of rotatable bonds is 6. The standard InChI is InChI=1S/C22H20N2O6S2/c1-12-9-18(31-11-12)14-10-17-19(20-13(14)7-8-29-20)22(23-30-17)24-32(25,26)21-15(27-2)5-4-6-16(21)28-3/h4-6,9-11H,7-8H2,1-3H3,(H,23,24). The zero-order valence-corrected chi connectivity index (χ0v) is 19.2. The summed E-state index contributed by atoms with van der Waals surface area (Å²) in [6.45, 7) is 2.55. The Balaban J connectivity index is 1.64. The van der Waals surface area contributed by atoms with E-state index in [-0.39, 0.29) is 22.2 Å². The van der Waals surface area contributed by atoms with Gasteiger partial charge in [0.15, 0.2) is 16.3 Å². The maximum absolute atomic E-state index is 13.3. The van der Waals surface area contributed by atoms with Gasteiger partial charge in [-0.05, 0) is 42.1 Å². The summed E-state index contributed by atoms with van der Waals surface area (Å²) in [7, 11) is -1.32. The molecule has 5 rings (SSSR count). The second kappa shape index (κ2) is 7.72. The Hall–Kier alpha value is -3.24. The normalized spacial score (nSPS) is 13.1. The molecule has 0 unspecified atom stereocenters. The van der Waals surface area contributed by atoms with Crippen LogP contribution in [0, 0.1) is 6.92 Å². The van der Waals surface area contributed by atoms with Crippen LogP contribution in [0.2, 0.25) is 0 Å². The van der Waals surface area contributed by atoms with Crippen LogP contribution in [0.15, 0.2) is 45.1 Å². The first-order valence-corrected chi connectivity index (χ1v) is 12.2. The fourth-order valence-corrected chi connectivity index (χ4v) is 6.17. The minimum atomic E-state index is -4.11. The summed E-state index contributed by atoms with van der Waals surface area (Å²) in [5.74, 6) is 0.956. The predicted molar refractivity (Wildman–Crippen MR) is 122 cm³/mol. The van der Waals surface area contributed by atoms with Gasteiger partial charge in [0.2, 0.25) is 0 Å². The molecule has 32 heavy (non-hydrogen) atoms. The van der Waals surface area contributed by atoms with Crippen molar-refractivity contribution < 1.29 is 27.2 Å². The minimum Gasteiger partial charge on any atom is -0.495 e. The molecule has 8 nitrogen and oxygen atoms in total. The number of fused-ring (bicyclic) bond motifs is 3. The van der Waals surface area contributed by atoms with E-state index in [1.54, 1.807) is 29.5 Å². The predicted octanol–water partition coefficient (Wildman–Crippen LogP) is 4.62. The Morgan fingerprint density at radius 2 is 1.91 bits per heavy atom. The van der Waals surface area contributed by atoms with E-state index in [0.717, 1.165) is 22.4 Å². The average Bonchev–Trinajstić information content (AvgIpc) is 3.52. The second-order valence-corrected chi connectivity index (χ2v) is 9.85. The molecule has 0 amide bonds. The smallest absolute Gasteiger partial charge is 0.270 e. The number of methoxy groups -OCH3 is 2. The molecule has 2 aromatic carbocycles. The first-order valence-electron chi connectivity index (χ1n) is 9.80. The largest absolute Gasteiger partial charge is 0.495 e. The lowest BCUT2D eigenvalue weighted by Crippen LogP contribution is -2.15. The van der Waals surface area contributed by atoms with E-state index in [4.69, 9.17) is 18.7 Å². The lowest BCUT2D eigenvalue weighted by molar-refractivity contribution is 0.360. The van der Waals surface area contributed by atoms with Crippen LogP contribution in [0.3, 0.4) is 0 Å². The van der Waals surface area contributed by atoms with Crippen LogP contribution in [0.4, 0.5) is 5.82 Å². The molecule has 0 radical (unpaired) electrons. The van der Waals surface area contributed by atoms with Gasteiger partial charge in [-0.3, -0.25) is 4.72 Å². The molecule has 1 aliphatic heterocycles. The van der Waals surface area contributed by atoms with Gasteiger partial charge in [0.1, 0.15) is 22.6 Å². The van der Waals surface area contributed by atoms with E-state index in [1.807, 2.05) is 13.0 Å². The molecular weight excluding hydrogens is 452 g/mol. The molecule has 0 bridgehead atoms. The Bertz CT molecular complexity index is 1420. The number of hydrogen-bond acceptors (Lipinski definition) is 8. The number of thiophene rings is 1. The average molecular weight is 473 g/mol. The number of sulfonamides is 1. The molecule has 10 heteroatoms. The zero-order valence-electron chi connectivity index (χ0n) is 17.6. The summed E-state index contributed by atoms with van der Waals surface area (Å²) in [6.07, 6.45) is 0.718. The first-order chi connectivity index (χ1) is 15.4. The van der Waals surface area contributed by atoms with Gasteiger partial charge in [-0.2, -0.15) is 0 Å². The highest BCUT2D eigenvalue weighted by Crippen LogP contribution is 2.46. The third-order valence-corrected chi connectivity index (χ3v) is 7.78. The van der Waals surface area contributed by atoms with Crippen molar-refractivity contribution in [1.82, 2.24) is 5.16 Å². The van der Waals surface area contributed by atoms with Crippen molar-refractivity contribution in [2.24, 2.45) is 0 Å². The first kappa shape index (κ1) is 20.7. The second-order valence-electron chi connectivity index (χ2n) is 7.32. The highest BCUT2D eigenvalue weighted by atomic mass is 32.2. The molecule has 0 fully saturated rings. The van der Waals surface area contributed by atoms with Crippen LogP contribution >= 0.6 is 11.3 Å². The van der Waals surface area contributed by atoms with Gasteiger partial charge < -0.3 is 18.7 Å². The van der Waals surface area contributed by atoms with Crippen molar-refractivity contribution in [1.29, 1.82) is 0 Å². The molecule has 0 saturated heterocycles. The Kier molecular flexibility index (Phi) is 4.98. The van der Waals surface area contributed by atoms with Gasteiger partial charge >= 0.3 is 0 Å². The van der Waals surface area contributed by atoms with Crippen LogP contribution in [0.25, 0.3) is 21.4 Å². The molecule has 1 N–H and O–H groups in total. The fourth-order valence-electron chi connectivity index (χ4n) is 3.90. The van der Waals surface area contributed by atoms with Crippen LogP contribution in [-0.2, 0) is 16.4 Å². The number of nitrogens with zero attached hydrogens (tertiary/aromatic N) is 1. The van der Waals surface area contributed by atoms with Gasteiger partial charge in [0, 0.05) is 22.4 Å². The lowest BCUT2D eigenvalue weighted by atomic mass is 10.0. The number of anilines is 1. The lowest BCUT2D eigenvalue weighted by Gasteiger charge is -2.14. The van der Waals surface area contributed by atoms with Gasteiger partial charge in [-0.25, -0.2) is 8.42 Å². The zero-order chi connectivity index (χ0) is 22.5. The van der Waals surface area contributed by atoms with E-state index < -0.39 is 10.0 Å². The van der Waals surface area contributed by atoms with Crippen molar-refractivity contribution in [2.45, 2.75) is 18.2 Å². The van der Waals surface area contributed by atoms with E-state index in [0.29, 0.717) is 23.3 Å². The SMILES string of the molecule is COc1cccc(OC)c1S(=O)(=O)Nc1noc2cc(-c3cc(C)cs3)c3c(c12)OCC3. The summed E-state index contributed by atoms with van der Waals surface area (Å²) >= 11 is 1.64. The third kappa shape index (κ3) is 3.26. The summed E-state index contributed by atoms with van der Waals surface area (Å²) in [5, 5.41) is 6.59. The summed E-state index contributed by atoms with van der Waals surface area (Å²) in [5.41, 5.74) is 3.64. The van der Waals surface area contributed by atoms with Crippen molar-refractivity contribution in [3.63, 3.8) is 0 Å². The van der Waals surface area contributed by atoms with Crippen molar-refractivity contribution in [3.8, 4) is 27.7 Å². The Labute approximate surface area is 188 Å². The highest BCUT2D eigenvalue weighted by Gasteiger charge is 2.30. The maximum Gasteiger partial charge on any atom is 0.270 e. The number of ether oxygens (including phenoxy) is 3. The van der Waals surface area contributed by atoms with Crippen molar-refractivity contribution in [3.05, 3.63) is 46.8 Å². The van der Waals surface area contributed by atoms with E-state index in [9.17, 15) is 8.42 Å². The summed E-state index contributed by atoms with van der Waals surface area (Å²) in [4.78, 5) is 0.979. The number of benzene rings is 2. The fraction of sp³-hybridized carbons (Fsp3) is 0.227. The van der Waals surface area contributed by atoms with E-state index >= 15 is 0 Å². The minimum absolute atomic E-state index is 0.0556. The molecule has 0 spiro atoms. The van der Waals surface area contributed by atoms with Crippen molar-refractivity contribution >= 4 is 38.1 Å². The van der Waals surface area contributed by atoms with E-state index in [1.165, 1.54) is 19.8 Å². The van der Waals surface area contributed by atoms with Gasteiger partial charge in [0.25, 0.3) is 10.0 Å². The highest BCUT2D eigenvalue weighted by molar-refractivity contribution is 7.93. The summed E-state index contributed by atoms with van der Waals surface area (Å²) in [6, 6.07) is 8.75. The molecule has 0 aliphatic carbocycles. The van der Waals surface area contributed by atoms with E-state index in [2.05, 4.69) is 21.3 Å². The van der Waals surface area contributed by atoms with Gasteiger partial charge in [-0.1, -0.05) is 11.2 Å². The molecule has 0 saturated carbocycles. The van der Waals surface area contributed by atoms with Crippen LogP contribution in [0.1, 0.15) is 11.1 Å². The molecule has 2 aromatic heterocycles. The number of hydrogen-bond donors (Lipinski definition) is 1. The molecular formula is C22H20N2O6S2. The van der Waals surface area contributed by atoms with Crippen LogP contribution in [0.5, 0.6) is 17.2 Å². The quantitative estimate of drug-likeness (QED) is 0.437. The monoisotopic (exact) mass is 472 g/mol. The number of nitrogens with one attached hydrogen (secondary N) is 1. The van der Waals surface area contributed by atoms with Crippen LogP contribution < -0.4 is 18.9 Å². The Morgan fingerprint density at radius 1 is 1.16 bits per heavy atom. The third-order valence-electron chi connectivity index (χ3n) is 5.30. The number of aryl methyl sites for hydroxylation is 1. The van der Waals surface area contributed by atoms with Crippen molar-refractivity contribution in [2.75, 3.05) is 25.5 Å². The molecule has 3 heterocycles. The molecule has 1 aliphatic rings. The van der Waals surface area contributed by atoms with Crippen LogP contribution in [-0.4, -0.2) is 34.4 Å². The Morgan fingerprint density at radius 3 is 2.56 bits per heavy atom. The molecule has 0 atom stereocenters.